The van der Waals surface area contributed by atoms with Crippen molar-refractivity contribution in [2.75, 3.05) is 14.1 Å². The van der Waals surface area contributed by atoms with Gasteiger partial charge in [-0.15, -0.1) is 0 Å². The Morgan fingerprint density at radius 1 is 1.19 bits per heavy atom. The number of halogens is 2. The summed E-state index contributed by atoms with van der Waals surface area (Å²) in [5.74, 6) is 0.558. The summed E-state index contributed by atoms with van der Waals surface area (Å²) >= 11 is 12.1. The van der Waals surface area contributed by atoms with Crippen LogP contribution in [0.4, 0.5) is 0 Å². The fourth-order valence-corrected chi connectivity index (χ4v) is 4.79. The van der Waals surface area contributed by atoms with Crippen molar-refractivity contribution in [1.29, 1.82) is 0 Å². The number of fused-ring (bicyclic) bond motifs is 1. The second-order valence-electron chi connectivity index (χ2n) is 7.48. The van der Waals surface area contributed by atoms with E-state index in [1.165, 1.54) is 14.1 Å². The molecule has 0 bridgehead atoms. The van der Waals surface area contributed by atoms with Gasteiger partial charge >= 0.3 is 0 Å². The predicted octanol–water partition coefficient (Wildman–Crippen LogP) is 3.94. The molecule has 2 aromatic carbocycles. The molecular weight excluding hydrogens is 459 g/mol. The highest BCUT2D eigenvalue weighted by Gasteiger charge is 2.19. The van der Waals surface area contributed by atoms with Crippen molar-refractivity contribution in [2.24, 2.45) is 7.05 Å². The van der Waals surface area contributed by atoms with Gasteiger partial charge in [-0.25, -0.2) is 17.7 Å². The van der Waals surface area contributed by atoms with E-state index in [0.29, 0.717) is 27.8 Å². The molecule has 1 heterocycles. The van der Waals surface area contributed by atoms with Crippen molar-refractivity contribution in [3.8, 4) is 0 Å². The minimum atomic E-state index is -3.54. The smallest absolute Gasteiger partial charge is 0.242 e. The first-order valence-electron chi connectivity index (χ1n) is 9.63. The van der Waals surface area contributed by atoms with E-state index >= 15 is 0 Å². The maximum atomic E-state index is 12.5. The molecule has 0 spiro atoms. The normalized spacial score (nSPS) is 13.0. The van der Waals surface area contributed by atoms with Crippen LogP contribution in [0.1, 0.15) is 30.8 Å². The highest BCUT2D eigenvalue weighted by atomic mass is 35.5. The summed E-state index contributed by atoms with van der Waals surface area (Å²) < 4.78 is 27.8. The summed E-state index contributed by atoms with van der Waals surface area (Å²) in [6.45, 7) is 1.86. The molecule has 166 valence electrons. The molecule has 0 saturated heterocycles. The van der Waals surface area contributed by atoms with Gasteiger partial charge in [-0.3, -0.25) is 4.79 Å². The number of benzene rings is 2. The van der Waals surface area contributed by atoms with E-state index < -0.39 is 10.0 Å². The van der Waals surface area contributed by atoms with E-state index in [1.807, 2.05) is 18.5 Å². The SMILES string of the molecule is CC(NC(=O)CCc1nc2cc(S(=O)(=O)N(C)C)ccc2n1C)c1ccc(Cl)cc1Cl. The fraction of sp³-hybridized carbons (Fsp3) is 0.333. The lowest BCUT2D eigenvalue weighted by atomic mass is 10.1. The highest BCUT2D eigenvalue weighted by Crippen LogP contribution is 2.26. The first-order valence-corrected chi connectivity index (χ1v) is 11.8. The molecule has 3 aromatic rings. The lowest BCUT2D eigenvalue weighted by Crippen LogP contribution is -2.27. The quantitative estimate of drug-likeness (QED) is 0.552. The van der Waals surface area contributed by atoms with Gasteiger partial charge in [0.1, 0.15) is 5.82 Å². The minimum absolute atomic E-state index is 0.138. The van der Waals surface area contributed by atoms with Crippen LogP contribution in [0.5, 0.6) is 0 Å². The monoisotopic (exact) mass is 482 g/mol. The summed E-state index contributed by atoms with van der Waals surface area (Å²) in [6, 6.07) is 9.75. The second-order valence-corrected chi connectivity index (χ2v) is 10.5. The number of carbonyl (C=O) groups is 1. The van der Waals surface area contributed by atoms with Gasteiger partial charge in [0.2, 0.25) is 15.9 Å². The van der Waals surface area contributed by atoms with Crippen molar-refractivity contribution in [3.05, 3.63) is 57.8 Å². The third kappa shape index (κ3) is 5.03. The molecule has 1 amide bonds. The molecule has 1 N–H and O–H groups in total. The Morgan fingerprint density at radius 3 is 2.55 bits per heavy atom. The first-order chi connectivity index (χ1) is 14.5. The minimum Gasteiger partial charge on any atom is -0.350 e. The zero-order valence-corrected chi connectivity index (χ0v) is 20.0. The zero-order chi connectivity index (χ0) is 22.9. The Morgan fingerprint density at radius 2 is 1.90 bits per heavy atom. The van der Waals surface area contributed by atoms with E-state index in [0.717, 1.165) is 15.4 Å². The first kappa shape index (κ1) is 23.5. The van der Waals surface area contributed by atoms with Gasteiger partial charge < -0.3 is 9.88 Å². The number of aryl methyl sites for hydroxylation is 2. The Labute approximate surface area is 192 Å². The molecule has 1 aromatic heterocycles. The van der Waals surface area contributed by atoms with Crippen molar-refractivity contribution < 1.29 is 13.2 Å². The number of carbonyl (C=O) groups excluding carboxylic acids is 1. The van der Waals surface area contributed by atoms with Crippen LogP contribution < -0.4 is 5.32 Å². The summed E-state index contributed by atoms with van der Waals surface area (Å²) in [6.07, 6.45) is 0.642. The average molecular weight is 483 g/mol. The topological polar surface area (TPSA) is 84.3 Å². The van der Waals surface area contributed by atoms with Crippen LogP contribution in [0.25, 0.3) is 11.0 Å². The Hall–Kier alpha value is -2.13. The molecule has 1 atom stereocenters. The molecule has 0 aliphatic rings. The second kappa shape index (κ2) is 9.16. The van der Waals surface area contributed by atoms with E-state index in [-0.39, 0.29) is 23.3 Å². The molecule has 1 unspecified atom stereocenters. The summed E-state index contributed by atoms with van der Waals surface area (Å²) in [4.78, 5) is 17.2. The number of amides is 1. The van der Waals surface area contributed by atoms with Crippen LogP contribution >= 0.6 is 23.2 Å². The van der Waals surface area contributed by atoms with Crippen molar-refractivity contribution in [1.82, 2.24) is 19.2 Å². The number of hydrogen-bond acceptors (Lipinski definition) is 4. The van der Waals surface area contributed by atoms with Crippen LogP contribution in [0, 0.1) is 0 Å². The Balaban J connectivity index is 1.71. The number of sulfonamides is 1. The number of nitrogens with one attached hydrogen (secondary N) is 1. The van der Waals surface area contributed by atoms with Crippen LogP contribution in [0.3, 0.4) is 0 Å². The lowest BCUT2D eigenvalue weighted by Gasteiger charge is -2.16. The molecule has 0 aliphatic heterocycles. The van der Waals surface area contributed by atoms with E-state index in [1.54, 1.807) is 36.4 Å². The molecule has 3 rings (SSSR count). The van der Waals surface area contributed by atoms with Gasteiger partial charge in [0.25, 0.3) is 0 Å². The Bertz CT molecular complexity index is 1240. The van der Waals surface area contributed by atoms with Crippen LogP contribution in [0.2, 0.25) is 10.0 Å². The molecule has 10 heteroatoms. The maximum absolute atomic E-state index is 12.5. The molecule has 0 aliphatic carbocycles. The van der Waals surface area contributed by atoms with Gasteiger partial charge in [-0.05, 0) is 42.8 Å². The van der Waals surface area contributed by atoms with Gasteiger partial charge in [0, 0.05) is 44.0 Å². The third-order valence-electron chi connectivity index (χ3n) is 5.11. The van der Waals surface area contributed by atoms with Gasteiger partial charge in [-0.2, -0.15) is 0 Å². The highest BCUT2D eigenvalue weighted by molar-refractivity contribution is 7.89. The lowest BCUT2D eigenvalue weighted by molar-refractivity contribution is -0.121. The van der Waals surface area contributed by atoms with Gasteiger partial charge in [0.15, 0.2) is 0 Å². The molecule has 0 saturated carbocycles. The number of hydrogen-bond donors (Lipinski definition) is 1. The van der Waals surface area contributed by atoms with E-state index in [2.05, 4.69) is 10.3 Å². The molecule has 7 nitrogen and oxygen atoms in total. The summed E-state index contributed by atoms with van der Waals surface area (Å²) in [5.41, 5.74) is 2.16. The fourth-order valence-electron chi connectivity index (χ4n) is 3.29. The number of aromatic nitrogens is 2. The van der Waals surface area contributed by atoms with Crippen molar-refractivity contribution in [2.45, 2.75) is 30.7 Å². The predicted molar refractivity (Wildman–Crippen MR) is 123 cm³/mol. The molecule has 31 heavy (non-hydrogen) atoms. The molecular formula is C21H24Cl2N4O3S. The van der Waals surface area contributed by atoms with Crippen LogP contribution in [0.15, 0.2) is 41.3 Å². The van der Waals surface area contributed by atoms with Gasteiger partial charge in [0.05, 0.1) is 22.0 Å². The van der Waals surface area contributed by atoms with Crippen LogP contribution in [-0.2, 0) is 28.3 Å². The third-order valence-corrected chi connectivity index (χ3v) is 7.48. The number of rotatable bonds is 7. The van der Waals surface area contributed by atoms with E-state index in [9.17, 15) is 13.2 Å². The Kier molecular flexibility index (Phi) is 6.95. The molecule has 0 fully saturated rings. The largest absolute Gasteiger partial charge is 0.350 e. The average Bonchev–Trinajstić information content (AvgIpc) is 3.01. The van der Waals surface area contributed by atoms with Crippen molar-refractivity contribution in [3.63, 3.8) is 0 Å². The molecule has 0 radical (unpaired) electrons. The van der Waals surface area contributed by atoms with Crippen molar-refractivity contribution >= 4 is 50.2 Å². The maximum Gasteiger partial charge on any atom is 0.242 e. The summed E-state index contributed by atoms with van der Waals surface area (Å²) in [7, 11) is 1.28. The summed E-state index contributed by atoms with van der Waals surface area (Å²) in [5, 5.41) is 3.97. The number of nitrogens with zero attached hydrogens (tertiary/aromatic N) is 3. The van der Waals surface area contributed by atoms with Crippen LogP contribution in [-0.4, -0.2) is 42.3 Å². The standard InChI is InChI=1S/C21H24Cl2N4O3S/c1-13(16-7-5-14(22)11-17(16)23)24-21(28)10-9-20-25-18-12-15(31(29,30)26(2)3)6-8-19(18)27(20)4/h5-8,11-13H,9-10H2,1-4H3,(H,24,28). The van der Waals surface area contributed by atoms with E-state index in [4.69, 9.17) is 23.2 Å². The number of imidazole rings is 1. The zero-order valence-electron chi connectivity index (χ0n) is 17.7. The van der Waals surface area contributed by atoms with Gasteiger partial charge in [-0.1, -0.05) is 29.3 Å².